The van der Waals surface area contributed by atoms with Gasteiger partial charge >= 0.3 is 12.0 Å². The van der Waals surface area contributed by atoms with Crippen LogP contribution in [0.15, 0.2) is 0 Å². The number of carbonyl (C=O) groups is 2. The van der Waals surface area contributed by atoms with Crippen LogP contribution in [-0.2, 0) is 4.79 Å². The summed E-state index contributed by atoms with van der Waals surface area (Å²) >= 11 is 0. The van der Waals surface area contributed by atoms with E-state index < -0.39 is 11.5 Å². The van der Waals surface area contributed by atoms with E-state index in [1.807, 2.05) is 4.90 Å². The SMILES string of the molecule is CC(C)CN(C(=O)NC(C)(C)CC(=O)O)C1CCCC1. The first-order valence-corrected chi connectivity index (χ1v) is 7.52. The Bertz CT molecular complexity index is 347. The molecule has 0 unspecified atom stereocenters. The number of carbonyl (C=O) groups excluding carboxylic acids is 1. The molecule has 1 fully saturated rings. The lowest BCUT2D eigenvalue weighted by molar-refractivity contribution is -0.138. The number of hydrogen-bond donors (Lipinski definition) is 2. The lowest BCUT2D eigenvalue weighted by Crippen LogP contribution is -2.54. The van der Waals surface area contributed by atoms with Gasteiger partial charge in [-0.25, -0.2) is 4.79 Å². The molecule has 0 bridgehead atoms. The zero-order valence-electron chi connectivity index (χ0n) is 13.1. The number of aliphatic carboxylic acids is 1. The second-order valence-corrected chi connectivity index (χ2v) is 6.87. The highest BCUT2D eigenvalue weighted by atomic mass is 16.4. The number of carboxylic acid groups (broad SMARTS) is 1. The van der Waals surface area contributed by atoms with Crippen LogP contribution >= 0.6 is 0 Å². The van der Waals surface area contributed by atoms with E-state index in [9.17, 15) is 9.59 Å². The Morgan fingerprint density at radius 1 is 1.30 bits per heavy atom. The highest BCUT2D eigenvalue weighted by molar-refractivity contribution is 5.77. The molecule has 1 aliphatic carbocycles. The quantitative estimate of drug-likeness (QED) is 0.788. The van der Waals surface area contributed by atoms with E-state index in [2.05, 4.69) is 19.2 Å². The van der Waals surface area contributed by atoms with E-state index in [0.29, 0.717) is 12.0 Å². The molecular weight excluding hydrogens is 256 g/mol. The van der Waals surface area contributed by atoms with Crippen LogP contribution < -0.4 is 5.32 Å². The topological polar surface area (TPSA) is 69.6 Å². The van der Waals surface area contributed by atoms with Gasteiger partial charge < -0.3 is 15.3 Å². The number of urea groups is 1. The van der Waals surface area contributed by atoms with Gasteiger partial charge in [0.1, 0.15) is 0 Å². The van der Waals surface area contributed by atoms with E-state index in [1.54, 1.807) is 13.8 Å². The molecule has 0 radical (unpaired) electrons. The van der Waals surface area contributed by atoms with Crippen LogP contribution in [0.1, 0.15) is 59.8 Å². The van der Waals surface area contributed by atoms with Crippen molar-refractivity contribution in [1.82, 2.24) is 10.2 Å². The molecule has 0 spiro atoms. The first-order chi connectivity index (χ1) is 9.21. The average molecular weight is 284 g/mol. The second-order valence-electron chi connectivity index (χ2n) is 6.87. The molecule has 5 nitrogen and oxygen atoms in total. The number of hydrogen-bond acceptors (Lipinski definition) is 2. The summed E-state index contributed by atoms with van der Waals surface area (Å²) in [5.41, 5.74) is -0.725. The molecule has 0 saturated heterocycles. The minimum Gasteiger partial charge on any atom is -0.481 e. The maximum Gasteiger partial charge on any atom is 0.318 e. The molecule has 1 saturated carbocycles. The maximum absolute atomic E-state index is 12.5. The van der Waals surface area contributed by atoms with Crippen molar-refractivity contribution >= 4 is 12.0 Å². The second kappa shape index (κ2) is 6.95. The Hall–Kier alpha value is -1.26. The normalized spacial score (nSPS) is 16.4. The van der Waals surface area contributed by atoms with Crippen LogP contribution in [0.4, 0.5) is 4.79 Å². The summed E-state index contributed by atoms with van der Waals surface area (Å²) < 4.78 is 0. The summed E-state index contributed by atoms with van der Waals surface area (Å²) in [6.07, 6.45) is 4.38. The van der Waals surface area contributed by atoms with Crippen molar-refractivity contribution in [2.75, 3.05) is 6.54 Å². The van der Waals surface area contributed by atoms with E-state index in [0.717, 1.165) is 19.4 Å². The van der Waals surface area contributed by atoms with E-state index in [4.69, 9.17) is 5.11 Å². The molecule has 0 heterocycles. The molecule has 5 heteroatoms. The summed E-state index contributed by atoms with van der Waals surface area (Å²) in [4.78, 5) is 25.2. The molecule has 1 aliphatic rings. The summed E-state index contributed by atoms with van der Waals surface area (Å²) in [5, 5.41) is 11.8. The molecule has 0 aromatic heterocycles. The van der Waals surface area contributed by atoms with E-state index in [1.165, 1.54) is 12.8 Å². The molecule has 0 aliphatic heterocycles. The van der Waals surface area contributed by atoms with Crippen molar-refractivity contribution in [2.24, 2.45) is 5.92 Å². The smallest absolute Gasteiger partial charge is 0.318 e. The molecule has 20 heavy (non-hydrogen) atoms. The molecule has 0 aromatic rings. The molecule has 0 aromatic carbocycles. The Balaban J connectivity index is 2.69. The molecule has 2 N–H and O–H groups in total. The third-order valence-electron chi connectivity index (χ3n) is 3.63. The number of carboxylic acids is 1. The summed E-state index contributed by atoms with van der Waals surface area (Å²) in [5.74, 6) is -0.490. The minimum atomic E-state index is -0.897. The number of rotatable bonds is 6. The van der Waals surface area contributed by atoms with Crippen LogP contribution in [0.2, 0.25) is 0 Å². The lowest BCUT2D eigenvalue weighted by atomic mass is 10.0. The molecule has 0 atom stereocenters. The van der Waals surface area contributed by atoms with Gasteiger partial charge in [-0.15, -0.1) is 0 Å². The zero-order valence-corrected chi connectivity index (χ0v) is 13.1. The minimum absolute atomic E-state index is 0.0705. The monoisotopic (exact) mass is 284 g/mol. The van der Waals surface area contributed by atoms with Gasteiger partial charge in [0.2, 0.25) is 0 Å². The predicted molar refractivity (Wildman–Crippen MR) is 78.7 cm³/mol. The average Bonchev–Trinajstić information content (AvgIpc) is 2.75. The first-order valence-electron chi connectivity index (χ1n) is 7.52. The fourth-order valence-electron chi connectivity index (χ4n) is 2.79. The fraction of sp³-hybridized carbons (Fsp3) is 0.867. The van der Waals surface area contributed by atoms with Gasteiger partial charge in [-0.2, -0.15) is 0 Å². The van der Waals surface area contributed by atoms with Gasteiger partial charge in [0, 0.05) is 18.1 Å². The van der Waals surface area contributed by atoms with Crippen LogP contribution in [-0.4, -0.2) is 40.1 Å². The van der Waals surface area contributed by atoms with Crippen LogP contribution in [0.3, 0.4) is 0 Å². The highest BCUT2D eigenvalue weighted by Gasteiger charge is 2.31. The van der Waals surface area contributed by atoms with Gasteiger partial charge in [-0.3, -0.25) is 4.79 Å². The molecule has 116 valence electrons. The highest BCUT2D eigenvalue weighted by Crippen LogP contribution is 2.25. The lowest BCUT2D eigenvalue weighted by Gasteiger charge is -2.34. The zero-order chi connectivity index (χ0) is 15.3. The van der Waals surface area contributed by atoms with Crippen molar-refractivity contribution in [2.45, 2.75) is 71.4 Å². The molecule has 2 amide bonds. The Morgan fingerprint density at radius 2 is 1.85 bits per heavy atom. The van der Waals surface area contributed by atoms with Crippen LogP contribution in [0.5, 0.6) is 0 Å². The third-order valence-corrected chi connectivity index (χ3v) is 3.63. The van der Waals surface area contributed by atoms with Gasteiger partial charge in [0.05, 0.1) is 6.42 Å². The number of nitrogens with zero attached hydrogens (tertiary/aromatic N) is 1. The van der Waals surface area contributed by atoms with Crippen LogP contribution in [0.25, 0.3) is 0 Å². The maximum atomic E-state index is 12.5. The number of amides is 2. The Labute approximate surface area is 121 Å². The van der Waals surface area contributed by atoms with Crippen molar-refractivity contribution in [3.05, 3.63) is 0 Å². The van der Waals surface area contributed by atoms with Crippen molar-refractivity contribution in [3.8, 4) is 0 Å². The van der Waals surface area contributed by atoms with E-state index >= 15 is 0 Å². The van der Waals surface area contributed by atoms with Gasteiger partial charge in [-0.1, -0.05) is 26.7 Å². The molecule has 1 rings (SSSR count). The first kappa shape index (κ1) is 16.8. The van der Waals surface area contributed by atoms with Crippen molar-refractivity contribution in [1.29, 1.82) is 0 Å². The van der Waals surface area contributed by atoms with Crippen LogP contribution in [0, 0.1) is 5.92 Å². The molecular formula is C15H28N2O3. The summed E-state index contributed by atoms with van der Waals surface area (Å²) in [6.45, 7) is 8.41. The Kier molecular flexibility index (Phi) is 5.84. The number of nitrogens with one attached hydrogen (secondary N) is 1. The Morgan fingerprint density at radius 3 is 2.30 bits per heavy atom. The van der Waals surface area contributed by atoms with Crippen molar-refractivity contribution < 1.29 is 14.7 Å². The third kappa shape index (κ3) is 5.39. The van der Waals surface area contributed by atoms with E-state index in [-0.39, 0.29) is 12.5 Å². The summed E-state index contributed by atoms with van der Waals surface area (Å²) in [7, 11) is 0. The fourth-order valence-corrected chi connectivity index (χ4v) is 2.79. The standard InChI is InChI=1S/C15H28N2O3/c1-11(2)10-17(12-7-5-6-8-12)14(20)16-15(3,4)9-13(18)19/h11-12H,5-10H2,1-4H3,(H,16,20)(H,18,19). The largest absolute Gasteiger partial charge is 0.481 e. The summed E-state index contributed by atoms with van der Waals surface area (Å²) in [6, 6.07) is 0.176. The predicted octanol–water partition coefficient (Wildman–Crippen LogP) is 2.85. The van der Waals surface area contributed by atoms with Gasteiger partial charge in [0.25, 0.3) is 0 Å². The van der Waals surface area contributed by atoms with Gasteiger partial charge in [0.15, 0.2) is 0 Å². The van der Waals surface area contributed by atoms with Gasteiger partial charge in [-0.05, 0) is 32.6 Å². The van der Waals surface area contributed by atoms with Crippen molar-refractivity contribution in [3.63, 3.8) is 0 Å².